The average Bonchev–Trinajstić information content (AvgIpc) is 2.96. The van der Waals surface area contributed by atoms with Crippen molar-refractivity contribution in [3.05, 3.63) is 0 Å². The molecule has 0 saturated carbocycles. The van der Waals surface area contributed by atoms with Crippen LogP contribution in [0.1, 0.15) is 26.2 Å². The summed E-state index contributed by atoms with van der Waals surface area (Å²) in [6.45, 7) is 2.57. The highest BCUT2D eigenvalue weighted by atomic mass is 16.5. The predicted octanol–water partition coefficient (Wildman–Crippen LogP) is 0.416. The van der Waals surface area contributed by atoms with Crippen molar-refractivity contribution in [3.8, 4) is 0 Å². The molecule has 2 rings (SSSR count). The second-order valence-corrected chi connectivity index (χ2v) is 4.74. The second kappa shape index (κ2) is 6.04. The summed E-state index contributed by atoms with van der Waals surface area (Å²) >= 11 is 0. The van der Waals surface area contributed by atoms with Crippen molar-refractivity contribution < 1.29 is 19.1 Å². The predicted molar refractivity (Wildman–Crippen MR) is 64.0 cm³/mol. The zero-order valence-corrected chi connectivity index (χ0v) is 10.6. The van der Waals surface area contributed by atoms with E-state index >= 15 is 0 Å². The first-order valence-corrected chi connectivity index (χ1v) is 6.51. The van der Waals surface area contributed by atoms with E-state index in [1.807, 2.05) is 0 Å². The van der Waals surface area contributed by atoms with E-state index in [4.69, 9.17) is 9.47 Å². The summed E-state index contributed by atoms with van der Waals surface area (Å²) in [5, 5.41) is 5.24. The van der Waals surface area contributed by atoms with Crippen LogP contribution in [0.2, 0.25) is 0 Å². The lowest BCUT2D eigenvalue weighted by atomic mass is 9.89. The Balaban J connectivity index is 1.59. The normalized spacial score (nSPS) is 29.1. The number of nitrogens with one attached hydrogen (secondary N) is 2. The van der Waals surface area contributed by atoms with Crippen molar-refractivity contribution in [2.75, 3.05) is 19.7 Å². The molecule has 0 aliphatic carbocycles. The number of amides is 2. The highest BCUT2D eigenvalue weighted by molar-refractivity contribution is 5.80. The van der Waals surface area contributed by atoms with Gasteiger partial charge in [0, 0.05) is 12.5 Å². The molecule has 0 aromatic rings. The van der Waals surface area contributed by atoms with Crippen LogP contribution in [-0.4, -0.2) is 43.9 Å². The molecule has 2 bridgehead atoms. The van der Waals surface area contributed by atoms with Crippen molar-refractivity contribution in [2.45, 2.75) is 38.4 Å². The van der Waals surface area contributed by atoms with Gasteiger partial charge in [0.1, 0.15) is 6.54 Å². The fourth-order valence-corrected chi connectivity index (χ4v) is 2.61. The van der Waals surface area contributed by atoms with Crippen LogP contribution in [-0.2, 0) is 14.3 Å². The van der Waals surface area contributed by atoms with Crippen molar-refractivity contribution in [1.82, 2.24) is 10.6 Å². The molecule has 3 atom stereocenters. The molecule has 0 spiro atoms. The number of urea groups is 1. The van der Waals surface area contributed by atoms with E-state index in [1.165, 1.54) is 0 Å². The molecule has 0 aromatic heterocycles. The topological polar surface area (TPSA) is 76.7 Å². The standard InChI is InChI=1S/C12H20N2O4/c1-2-17-11(15)7-14-12(16)13-6-8-5-9-3-4-10(8)18-9/h8-10H,2-7H2,1H3,(H2,13,14,16). The molecule has 2 heterocycles. The molecule has 6 heteroatoms. The molecule has 2 aliphatic heterocycles. The number of carbonyl (C=O) groups is 2. The molecular weight excluding hydrogens is 236 g/mol. The molecule has 18 heavy (non-hydrogen) atoms. The minimum absolute atomic E-state index is 0.0904. The number of fused-ring (bicyclic) bond motifs is 2. The Kier molecular flexibility index (Phi) is 4.41. The summed E-state index contributed by atoms with van der Waals surface area (Å²) in [7, 11) is 0. The van der Waals surface area contributed by atoms with Gasteiger partial charge in [0.2, 0.25) is 0 Å². The third-order valence-corrected chi connectivity index (χ3v) is 3.46. The number of carbonyl (C=O) groups excluding carboxylic acids is 2. The average molecular weight is 256 g/mol. The zero-order chi connectivity index (χ0) is 13.0. The van der Waals surface area contributed by atoms with Crippen LogP contribution in [0.25, 0.3) is 0 Å². The van der Waals surface area contributed by atoms with Crippen molar-refractivity contribution >= 4 is 12.0 Å². The van der Waals surface area contributed by atoms with Crippen molar-refractivity contribution in [2.24, 2.45) is 5.92 Å². The minimum atomic E-state index is -0.420. The van der Waals surface area contributed by atoms with Gasteiger partial charge in [-0.2, -0.15) is 0 Å². The van der Waals surface area contributed by atoms with Crippen LogP contribution in [0.5, 0.6) is 0 Å². The first-order chi connectivity index (χ1) is 8.69. The van der Waals surface area contributed by atoms with Gasteiger partial charge >= 0.3 is 12.0 Å². The zero-order valence-electron chi connectivity index (χ0n) is 10.6. The maximum atomic E-state index is 11.4. The molecule has 0 radical (unpaired) electrons. The first-order valence-electron chi connectivity index (χ1n) is 6.51. The largest absolute Gasteiger partial charge is 0.465 e. The summed E-state index contributed by atoms with van der Waals surface area (Å²) in [6, 6.07) is -0.328. The van der Waals surface area contributed by atoms with E-state index in [1.54, 1.807) is 6.92 Å². The number of rotatable bonds is 5. The van der Waals surface area contributed by atoms with E-state index in [-0.39, 0.29) is 12.6 Å². The lowest BCUT2D eigenvalue weighted by molar-refractivity contribution is -0.141. The van der Waals surface area contributed by atoms with E-state index in [0.29, 0.717) is 31.3 Å². The Labute approximate surface area is 106 Å². The smallest absolute Gasteiger partial charge is 0.325 e. The van der Waals surface area contributed by atoms with Gasteiger partial charge in [-0.1, -0.05) is 0 Å². The van der Waals surface area contributed by atoms with Gasteiger partial charge < -0.3 is 20.1 Å². The number of ether oxygens (including phenoxy) is 2. The third kappa shape index (κ3) is 3.35. The van der Waals surface area contributed by atoms with Gasteiger partial charge in [0.05, 0.1) is 18.8 Å². The molecular formula is C12H20N2O4. The summed E-state index contributed by atoms with van der Waals surface area (Å²) in [5.41, 5.74) is 0. The van der Waals surface area contributed by atoms with Gasteiger partial charge in [-0.3, -0.25) is 4.79 Å². The lowest BCUT2D eigenvalue weighted by Gasteiger charge is -2.18. The molecule has 2 saturated heterocycles. The van der Waals surface area contributed by atoms with Crippen molar-refractivity contribution in [3.63, 3.8) is 0 Å². The summed E-state index contributed by atoms with van der Waals surface area (Å²) in [6.07, 6.45) is 3.98. The molecule has 2 amide bonds. The monoisotopic (exact) mass is 256 g/mol. The molecule has 2 N–H and O–H groups in total. The fraction of sp³-hybridized carbons (Fsp3) is 0.833. The summed E-state index contributed by atoms with van der Waals surface area (Å²) in [5.74, 6) is -0.00648. The van der Waals surface area contributed by atoms with E-state index in [0.717, 1.165) is 19.3 Å². The van der Waals surface area contributed by atoms with E-state index < -0.39 is 5.97 Å². The quantitative estimate of drug-likeness (QED) is 0.699. The Morgan fingerprint density at radius 2 is 2.17 bits per heavy atom. The maximum absolute atomic E-state index is 11.4. The van der Waals surface area contributed by atoms with Gasteiger partial charge in [-0.05, 0) is 26.2 Å². The Hall–Kier alpha value is -1.30. The molecule has 3 unspecified atom stereocenters. The van der Waals surface area contributed by atoms with E-state index in [9.17, 15) is 9.59 Å². The molecule has 6 nitrogen and oxygen atoms in total. The number of hydrogen-bond acceptors (Lipinski definition) is 4. The van der Waals surface area contributed by atoms with Gasteiger partial charge in [0.15, 0.2) is 0 Å². The molecule has 2 fully saturated rings. The van der Waals surface area contributed by atoms with Gasteiger partial charge in [0.25, 0.3) is 0 Å². The molecule has 0 aromatic carbocycles. The first kappa shape index (κ1) is 13.1. The SMILES string of the molecule is CCOC(=O)CNC(=O)NCC1CC2CCC1O2. The second-order valence-electron chi connectivity index (χ2n) is 4.74. The summed E-state index contributed by atoms with van der Waals surface area (Å²) < 4.78 is 10.4. The van der Waals surface area contributed by atoms with Crippen LogP contribution in [0, 0.1) is 5.92 Å². The number of esters is 1. The lowest BCUT2D eigenvalue weighted by Crippen LogP contribution is -2.42. The summed E-state index contributed by atoms with van der Waals surface area (Å²) in [4.78, 5) is 22.5. The highest BCUT2D eigenvalue weighted by Crippen LogP contribution is 2.38. The molecule has 2 aliphatic rings. The third-order valence-electron chi connectivity index (χ3n) is 3.46. The minimum Gasteiger partial charge on any atom is -0.465 e. The van der Waals surface area contributed by atoms with Gasteiger partial charge in [-0.25, -0.2) is 4.79 Å². The Morgan fingerprint density at radius 1 is 1.33 bits per heavy atom. The maximum Gasteiger partial charge on any atom is 0.325 e. The fourth-order valence-electron chi connectivity index (χ4n) is 2.61. The van der Waals surface area contributed by atoms with Crippen LogP contribution < -0.4 is 10.6 Å². The number of hydrogen-bond donors (Lipinski definition) is 2. The van der Waals surface area contributed by atoms with Crippen molar-refractivity contribution in [1.29, 1.82) is 0 Å². The Morgan fingerprint density at radius 3 is 2.78 bits per heavy atom. The highest BCUT2D eigenvalue weighted by Gasteiger charge is 2.40. The van der Waals surface area contributed by atoms with Crippen LogP contribution >= 0.6 is 0 Å². The molecule has 102 valence electrons. The van der Waals surface area contributed by atoms with Gasteiger partial charge in [-0.15, -0.1) is 0 Å². The van der Waals surface area contributed by atoms with E-state index in [2.05, 4.69) is 10.6 Å². The Bertz CT molecular complexity index is 321. The van der Waals surface area contributed by atoms with Crippen LogP contribution in [0.4, 0.5) is 4.79 Å². The van der Waals surface area contributed by atoms with Crippen LogP contribution in [0.15, 0.2) is 0 Å². The van der Waals surface area contributed by atoms with Crippen LogP contribution in [0.3, 0.4) is 0 Å².